The van der Waals surface area contributed by atoms with Gasteiger partial charge in [0.15, 0.2) is 0 Å². The number of hydrogen-bond acceptors (Lipinski definition) is 5. The molecule has 0 bridgehead atoms. The molecule has 1 aliphatic heterocycles. The van der Waals surface area contributed by atoms with Crippen molar-refractivity contribution in [3.05, 3.63) is 35.4 Å². The van der Waals surface area contributed by atoms with Crippen LogP contribution in [0.25, 0.3) is 0 Å². The molecular weight excluding hydrogens is 398 g/mol. The standard InChI is InChI=1S/C17H21NO5.C6H16Si/c1-21-14-6-4-13(15(10-14)22-2)11-18-9-8-12(17(18)20)5-7-16(19)23-3;1-4-7(5-2)6-3/h4,6,8,10H,5,7,9,11H2,1-3H3;7H,4-6H2,1-3H3. The van der Waals surface area contributed by atoms with Crippen LogP contribution in [0.1, 0.15) is 39.2 Å². The topological polar surface area (TPSA) is 65.1 Å². The van der Waals surface area contributed by atoms with E-state index in [0.717, 1.165) is 5.56 Å². The zero-order valence-electron chi connectivity index (χ0n) is 19.3. The largest absolute Gasteiger partial charge is 0.497 e. The van der Waals surface area contributed by atoms with Crippen LogP contribution in [0.4, 0.5) is 0 Å². The zero-order valence-corrected chi connectivity index (χ0v) is 20.5. The van der Waals surface area contributed by atoms with Gasteiger partial charge in [0.05, 0.1) is 21.3 Å². The van der Waals surface area contributed by atoms with Crippen LogP contribution >= 0.6 is 0 Å². The lowest BCUT2D eigenvalue weighted by Crippen LogP contribution is -2.26. The second kappa shape index (κ2) is 13.9. The Kier molecular flexibility index (Phi) is 11.9. The van der Waals surface area contributed by atoms with Crippen LogP contribution in [0, 0.1) is 0 Å². The lowest BCUT2D eigenvalue weighted by atomic mass is 10.1. The van der Waals surface area contributed by atoms with E-state index in [4.69, 9.17) is 9.47 Å². The fraction of sp³-hybridized carbons (Fsp3) is 0.565. The Balaban J connectivity index is 0.000000553. The highest BCUT2D eigenvalue weighted by molar-refractivity contribution is 6.58. The van der Waals surface area contributed by atoms with Crippen molar-refractivity contribution in [2.24, 2.45) is 0 Å². The highest BCUT2D eigenvalue weighted by Crippen LogP contribution is 2.27. The molecule has 0 aromatic heterocycles. The summed E-state index contributed by atoms with van der Waals surface area (Å²) in [6, 6.07) is 10.00. The number of ether oxygens (including phenoxy) is 3. The molecule has 0 saturated carbocycles. The van der Waals surface area contributed by atoms with Crippen molar-refractivity contribution in [3.8, 4) is 11.5 Å². The summed E-state index contributed by atoms with van der Waals surface area (Å²) in [5.74, 6) is 1.02. The van der Waals surface area contributed by atoms with E-state index in [1.807, 2.05) is 18.2 Å². The minimum Gasteiger partial charge on any atom is -0.497 e. The van der Waals surface area contributed by atoms with Crippen LogP contribution < -0.4 is 9.47 Å². The molecule has 0 atom stereocenters. The first-order chi connectivity index (χ1) is 14.4. The second-order valence-corrected chi connectivity index (χ2v) is 11.4. The molecule has 0 N–H and O–H groups in total. The predicted molar refractivity (Wildman–Crippen MR) is 123 cm³/mol. The van der Waals surface area contributed by atoms with Gasteiger partial charge >= 0.3 is 5.97 Å². The number of nitrogens with zero attached hydrogens (tertiary/aromatic N) is 1. The molecule has 1 aromatic carbocycles. The molecule has 0 fully saturated rings. The van der Waals surface area contributed by atoms with Gasteiger partial charge < -0.3 is 19.1 Å². The first-order valence-corrected chi connectivity index (χ1v) is 13.1. The van der Waals surface area contributed by atoms with Crippen molar-refractivity contribution >= 4 is 20.7 Å². The van der Waals surface area contributed by atoms with Crippen molar-refractivity contribution < 1.29 is 23.8 Å². The van der Waals surface area contributed by atoms with Gasteiger partial charge in [-0.25, -0.2) is 0 Å². The Morgan fingerprint density at radius 1 is 1.07 bits per heavy atom. The molecule has 168 valence electrons. The van der Waals surface area contributed by atoms with E-state index < -0.39 is 0 Å². The summed E-state index contributed by atoms with van der Waals surface area (Å²) in [6.45, 7) is 7.95. The molecule has 0 aliphatic carbocycles. The summed E-state index contributed by atoms with van der Waals surface area (Å²) >= 11 is 0. The Bertz CT molecular complexity index is 710. The summed E-state index contributed by atoms with van der Waals surface area (Å²) in [7, 11) is 4.35. The third kappa shape index (κ3) is 7.86. The minimum atomic E-state index is -0.311. The van der Waals surface area contributed by atoms with Crippen molar-refractivity contribution in [3.63, 3.8) is 0 Å². The number of amides is 1. The van der Waals surface area contributed by atoms with E-state index in [-0.39, 0.29) is 27.1 Å². The van der Waals surface area contributed by atoms with Crippen molar-refractivity contribution in [1.29, 1.82) is 0 Å². The van der Waals surface area contributed by atoms with Crippen LogP contribution in [0.15, 0.2) is 29.8 Å². The first kappa shape index (κ1) is 25.8. The van der Waals surface area contributed by atoms with E-state index in [9.17, 15) is 9.59 Å². The Hall–Kier alpha value is -2.28. The molecule has 0 spiro atoms. The Labute approximate surface area is 182 Å². The van der Waals surface area contributed by atoms with E-state index in [1.54, 1.807) is 25.2 Å². The molecule has 0 saturated heterocycles. The van der Waals surface area contributed by atoms with Crippen molar-refractivity contribution in [2.75, 3.05) is 27.9 Å². The molecule has 6 nitrogen and oxygen atoms in total. The minimum absolute atomic E-state index is 0.0493. The summed E-state index contributed by atoms with van der Waals surface area (Å²) in [5, 5.41) is 0. The molecule has 0 radical (unpaired) electrons. The average Bonchev–Trinajstić information content (AvgIpc) is 3.13. The number of benzene rings is 1. The number of carbonyl (C=O) groups is 2. The summed E-state index contributed by atoms with van der Waals surface area (Å²) in [4.78, 5) is 25.3. The molecule has 7 heteroatoms. The Morgan fingerprint density at radius 2 is 1.73 bits per heavy atom. The molecule has 1 heterocycles. The van der Waals surface area contributed by atoms with Crippen LogP contribution in [0.2, 0.25) is 18.1 Å². The third-order valence-electron chi connectivity index (χ3n) is 5.53. The lowest BCUT2D eigenvalue weighted by molar-refractivity contribution is -0.140. The van der Waals surface area contributed by atoms with Gasteiger partial charge in [-0.2, -0.15) is 0 Å². The van der Waals surface area contributed by atoms with Crippen LogP contribution in [0.5, 0.6) is 11.5 Å². The highest BCUT2D eigenvalue weighted by atomic mass is 28.3. The molecule has 1 aromatic rings. The van der Waals surface area contributed by atoms with Gasteiger partial charge in [0.25, 0.3) is 0 Å². The molecule has 1 amide bonds. The van der Waals surface area contributed by atoms with E-state index in [0.29, 0.717) is 36.6 Å². The monoisotopic (exact) mass is 435 g/mol. The number of esters is 1. The maximum absolute atomic E-state index is 12.4. The fourth-order valence-electron chi connectivity index (χ4n) is 3.33. The number of carbonyl (C=O) groups excluding carboxylic acids is 2. The van der Waals surface area contributed by atoms with Crippen molar-refractivity contribution in [2.45, 2.75) is 58.3 Å². The van der Waals surface area contributed by atoms with Gasteiger partial charge in [0.1, 0.15) is 11.5 Å². The Morgan fingerprint density at radius 3 is 2.23 bits per heavy atom. The lowest BCUT2D eigenvalue weighted by Gasteiger charge is -2.19. The second-order valence-electron chi connectivity index (χ2n) is 7.26. The maximum Gasteiger partial charge on any atom is 0.305 e. The van der Waals surface area contributed by atoms with Gasteiger partial charge in [0, 0.05) is 45.5 Å². The van der Waals surface area contributed by atoms with Gasteiger partial charge in [-0.3, -0.25) is 9.59 Å². The summed E-state index contributed by atoms with van der Waals surface area (Å²) in [6.07, 6.45) is 2.48. The molecule has 1 aliphatic rings. The van der Waals surface area contributed by atoms with E-state index in [1.165, 1.54) is 25.2 Å². The van der Waals surface area contributed by atoms with E-state index in [2.05, 4.69) is 25.5 Å². The summed E-state index contributed by atoms with van der Waals surface area (Å²) < 4.78 is 15.1. The fourth-order valence-corrected chi connectivity index (χ4v) is 5.06. The van der Waals surface area contributed by atoms with Gasteiger partial charge in [-0.05, 0) is 18.6 Å². The van der Waals surface area contributed by atoms with Crippen LogP contribution in [0.3, 0.4) is 0 Å². The van der Waals surface area contributed by atoms with Gasteiger partial charge in [0.2, 0.25) is 5.91 Å². The van der Waals surface area contributed by atoms with E-state index >= 15 is 0 Å². The zero-order chi connectivity index (χ0) is 22.5. The average molecular weight is 436 g/mol. The van der Waals surface area contributed by atoms with Crippen molar-refractivity contribution in [1.82, 2.24) is 4.90 Å². The van der Waals surface area contributed by atoms with Crippen LogP contribution in [-0.2, 0) is 20.9 Å². The van der Waals surface area contributed by atoms with Gasteiger partial charge in [-0.1, -0.05) is 45.0 Å². The summed E-state index contributed by atoms with van der Waals surface area (Å²) in [5.41, 5.74) is 1.56. The van der Waals surface area contributed by atoms with Gasteiger partial charge in [-0.15, -0.1) is 0 Å². The third-order valence-corrected chi connectivity index (χ3v) is 9.00. The smallest absolute Gasteiger partial charge is 0.305 e. The highest BCUT2D eigenvalue weighted by Gasteiger charge is 2.25. The number of hydrogen-bond donors (Lipinski definition) is 0. The maximum atomic E-state index is 12.4. The molecule has 0 unspecified atom stereocenters. The quantitative estimate of drug-likeness (QED) is 0.407. The SMILES string of the molecule is CC[SiH](CC)CC.COC(=O)CCC1=CCN(Cc2ccc(OC)cc2OC)C1=O. The molecule has 2 rings (SSSR count). The molecular formula is C23H37NO5Si. The number of rotatable bonds is 10. The molecule has 30 heavy (non-hydrogen) atoms. The normalized spacial score (nSPS) is 13.0. The first-order valence-electron chi connectivity index (χ1n) is 10.7. The number of methoxy groups -OCH3 is 3. The van der Waals surface area contributed by atoms with Crippen LogP contribution in [-0.4, -0.2) is 53.4 Å². The predicted octanol–water partition coefficient (Wildman–Crippen LogP) is 4.20.